The van der Waals surface area contributed by atoms with E-state index in [4.69, 9.17) is 14.2 Å². The van der Waals surface area contributed by atoms with Crippen molar-refractivity contribution in [3.05, 3.63) is 48.5 Å². The largest absolute Gasteiger partial charge is 0.494 e. The fraction of sp³-hybridized carbons (Fsp3) is 0.316. The number of rotatable bonds is 6. The third-order valence-electron chi connectivity index (χ3n) is 3.71. The molecule has 1 saturated heterocycles. The highest BCUT2D eigenvalue weighted by molar-refractivity contribution is 5.94. The lowest BCUT2D eigenvalue weighted by molar-refractivity contribution is -0.128. The molecule has 1 aliphatic rings. The second-order valence-corrected chi connectivity index (χ2v) is 5.58. The molecule has 0 radical (unpaired) electrons. The second kappa shape index (κ2) is 8.50. The van der Waals surface area contributed by atoms with Crippen LogP contribution in [0.3, 0.4) is 0 Å². The van der Waals surface area contributed by atoms with Crippen molar-refractivity contribution in [2.75, 3.05) is 31.6 Å². The Morgan fingerprint density at radius 2 is 1.76 bits per heavy atom. The van der Waals surface area contributed by atoms with Gasteiger partial charge in [0.1, 0.15) is 23.4 Å². The fourth-order valence-electron chi connectivity index (χ4n) is 2.47. The van der Waals surface area contributed by atoms with Crippen LogP contribution in [0.2, 0.25) is 0 Å². The molecule has 6 nitrogen and oxygen atoms in total. The Morgan fingerprint density at radius 1 is 1.12 bits per heavy atom. The van der Waals surface area contributed by atoms with Gasteiger partial charge in [0.05, 0.1) is 13.2 Å². The molecule has 1 fully saturated rings. The molecule has 1 aliphatic heterocycles. The fourth-order valence-corrected chi connectivity index (χ4v) is 2.47. The minimum Gasteiger partial charge on any atom is -0.494 e. The van der Waals surface area contributed by atoms with Crippen LogP contribution in [0.15, 0.2) is 48.5 Å². The van der Waals surface area contributed by atoms with E-state index in [9.17, 15) is 4.79 Å². The van der Waals surface area contributed by atoms with Crippen molar-refractivity contribution in [3.63, 3.8) is 0 Å². The molecule has 2 aromatic carbocycles. The molecule has 0 saturated carbocycles. The molecule has 3 rings (SSSR count). The number of anilines is 1. The maximum atomic E-state index is 12.1. The topological polar surface area (TPSA) is 68.8 Å². The zero-order valence-electron chi connectivity index (χ0n) is 14.2. The molecule has 1 atom stereocenters. The summed E-state index contributed by atoms with van der Waals surface area (Å²) in [5, 5.41) is 5.98. The number of morpholine rings is 1. The van der Waals surface area contributed by atoms with Gasteiger partial charge in [0.2, 0.25) is 0 Å². The first kappa shape index (κ1) is 17.3. The number of amides is 1. The molecule has 0 aromatic heterocycles. The molecular formula is C19H22N2O4. The van der Waals surface area contributed by atoms with Gasteiger partial charge < -0.3 is 24.8 Å². The van der Waals surface area contributed by atoms with E-state index in [0.717, 1.165) is 18.0 Å². The predicted molar refractivity (Wildman–Crippen MR) is 95.4 cm³/mol. The zero-order chi connectivity index (χ0) is 17.5. The molecule has 2 N–H and O–H groups in total. The minimum atomic E-state index is -0.450. The van der Waals surface area contributed by atoms with Crippen molar-refractivity contribution in [2.45, 2.75) is 13.0 Å². The van der Waals surface area contributed by atoms with Crippen molar-refractivity contribution in [1.29, 1.82) is 0 Å². The molecule has 2 aromatic rings. The monoisotopic (exact) mass is 342 g/mol. The van der Waals surface area contributed by atoms with Crippen LogP contribution in [-0.2, 0) is 9.53 Å². The first-order chi connectivity index (χ1) is 12.2. The number of carbonyl (C=O) groups is 1. The van der Waals surface area contributed by atoms with Crippen molar-refractivity contribution < 1.29 is 19.0 Å². The van der Waals surface area contributed by atoms with Crippen LogP contribution < -0.4 is 20.1 Å². The third kappa shape index (κ3) is 4.95. The Labute approximate surface area is 147 Å². The second-order valence-electron chi connectivity index (χ2n) is 5.58. The van der Waals surface area contributed by atoms with Crippen molar-refractivity contribution in [2.24, 2.45) is 0 Å². The predicted octanol–water partition coefficient (Wildman–Crippen LogP) is 2.80. The van der Waals surface area contributed by atoms with Crippen LogP contribution in [0.25, 0.3) is 0 Å². The standard InChI is InChI=1S/C19H22N2O4/c1-2-23-15-7-9-17(10-8-15)25-16-5-3-14(4-6-16)21-19(22)18-13-20-11-12-24-18/h3-10,18,20H,2,11-13H2,1H3,(H,21,22). The molecule has 6 heteroatoms. The highest BCUT2D eigenvalue weighted by Crippen LogP contribution is 2.25. The number of carbonyl (C=O) groups excluding carboxylic acids is 1. The Balaban J connectivity index is 1.55. The van der Waals surface area contributed by atoms with E-state index in [0.29, 0.717) is 31.2 Å². The van der Waals surface area contributed by atoms with E-state index in [1.54, 1.807) is 12.1 Å². The lowest BCUT2D eigenvalue weighted by Gasteiger charge is -2.22. The highest BCUT2D eigenvalue weighted by Gasteiger charge is 2.21. The highest BCUT2D eigenvalue weighted by atomic mass is 16.5. The average Bonchev–Trinajstić information content (AvgIpc) is 2.66. The maximum absolute atomic E-state index is 12.1. The molecule has 0 aliphatic carbocycles. The minimum absolute atomic E-state index is 0.146. The van der Waals surface area contributed by atoms with Gasteiger partial charge >= 0.3 is 0 Å². The van der Waals surface area contributed by atoms with E-state index in [-0.39, 0.29) is 5.91 Å². The van der Waals surface area contributed by atoms with E-state index in [1.807, 2.05) is 43.3 Å². The molecule has 1 amide bonds. The first-order valence-electron chi connectivity index (χ1n) is 8.38. The van der Waals surface area contributed by atoms with Crippen LogP contribution in [-0.4, -0.2) is 38.3 Å². The lowest BCUT2D eigenvalue weighted by atomic mass is 10.2. The number of hydrogen-bond acceptors (Lipinski definition) is 5. The molecule has 1 heterocycles. The average molecular weight is 342 g/mol. The van der Waals surface area contributed by atoms with Crippen LogP contribution in [0.4, 0.5) is 5.69 Å². The van der Waals surface area contributed by atoms with Crippen molar-refractivity contribution in [1.82, 2.24) is 5.32 Å². The zero-order valence-corrected chi connectivity index (χ0v) is 14.2. The van der Waals surface area contributed by atoms with Gasteiger partial charge in [-0.15, -0.1) is 0 Å². The first-order valence-corrected chi connectivity index (χ1v) is 8.38. The summed E-state index contributed by atoms with van der Waals surface area (Å²) in [6, 6.07) is 14.7. The van der Waals surface area contributed by atoms with Crippen LogP contribution in [0, 0.1) is 0 Å². The van der Waals surface area contributed by atoms with Gasteiger partial charge in [0, 0.05) is 18.8 Å². The number of hydrogen-bond donors (Lipinski definition) is 2. The Bertz CT molecular complexity index is 680. The molecule has 1 unspecified atom stereocenters. The molecule has 0 bridgehead atoms. The van der Waals surface area contributed by atoms with Crippen LogP contribution in [0.5, 0.6) is 17.2 Å². The van der Waals surface area contributed by atoms with Gasteiger partial charge in [-0.05, 0) is 55.5 Å². The van der Waals surface area contributed by atoms with E-state index in [2.05, 4.69) is 10.6 Å². The van der Waals surface area contributed by atoms with E-state index >= 15 is 0 Å². The van der Waals surface area contributed by atoms with Crippen molar-refractivity contribution in [3.8, 4) is 17.2 Å². The Kier molecular flexibility index (Phi) is 5.87. The smallest absolute Gasteiger partial charge is 0.254 e. The van der Waals surface area contributed by atoms with Gasteiger partial charge in [-0.2, -0.15) is 0 Å². The quantitative estimate of drug-likeness (QED) is 0.845. The number of nitrogens with one attached hydrogen (secondary N) is 2. The summed E-state index contributed by atoms with van der Waals surface area (Å²) < 4.78 is 16.6. The number of benzene rings is 2. The molecule has 132 valence electrons. The Morgan fingerprint density at radius 3 is 2.36 bits per heavy atom. The third-order valence-corrected chi connectivity index (χ3v) is 3.71. The van der Waals surface area contributed by atoms with E-state index < -0.39 is 6.10 Å². The normalized spacial score (nSPS) is 16.9. The lowest BCUT2D eigenvalue weighted by Crippen LogP contribution is -2.45. The number of ether oxygens (including phenoxy) is 3. The van der Waals surface area contributed by atoms with Gasteiger partial charge in [-0.25, -0.2) is 0 Å². The summed E-state index contributed by atoms with van der Waals surface area (Å²) >= 11 is 0. The summed E-state index contributed by atoms with van der Waals surface area (Å²) in [6.45, 7) is 4.44. The van der Waals surface area contributed by atoms with Crippen molar-refractivity contribution >= 4 is 11.6 Å². The molecular weight excluding hydrogens is 320 g/mol. The summed E-state index contributed by atoms with van der Waals surface area (Å²) in [7, 11) is 0. The summed E-state index contributed by atoms with van der Waals surface area (Å²) in [6.07, 6.45) is -0.450. The van der Waals surface area contributed by atoms with Crippen LogP contribution in [0.1, 0.15) is 6.92 Å². The molecule has 25 heavy (non-hydrogen) atoms. The summed E-state index contributed by atoms with van der Waals surface area (Å²) in [4.78, 5) is 12.1. The maximum Gasteiger partial charge on any atom is 0.254 e. The van der Waals surface area contributed by atoms with Gasteiger partial charge in [0.15, 0.2) is 0 Å². The van der Waals surface area contributed by atoms with Crippen LogP contribution >= 0.6 is 0 Å². The van der Waals surface area contributed by atoms with Gasteiger partial charge in [0.25, 0.3) is 5.91 Å². The summed E-state index contributed by atoms with van der Waals surface area (Å²) in [5.74, 6) is 2.08. The van der Waals surface area contributed by atoms with Gasteiger partial charge in [-0.3, -0.25) is 4.79 Å². The van der Waals surface area contributed by atoms with E-state index in [1.165, 1.54) is 0 Å². The van der Waals surface area contributed by atoms with Gasteiger partial charge in [-0.1, -0.05) is 0 Å². The SMILES string of the molecule is CCOc1ccc(Oc2ccc(NC(=O)C3CNCCO3)cc2)cc1. The Hall–Kier alpha value is -2.57. The summed E-state index contributed by atoms with van der Waals surface area (Å²) in [5.41, 5.74) is 0.707. The molecule has 0 spiro atoms.